The molecule has 8 nitrogen and oxygen atoms in total. The van der Waals surface area contributed by atoms with Crippen LogP contribution in [0, 0.1) is 0 Å². The summed E-state index contributed by atoms with van der Waals surface area (Å²) in [6.45, 7) is 6.16. The average Bonchev–Trinajstić information content (AvgIpc) is 3.25. The molecule has 1 atom stereocenters. The van der Waals surface area contributed by atoms with Gasteiger partial charge >= 0.3 is 12.0 Å². The van der Waals surface area contributed by atoms with E-state index in [1.54, 1.807) is 18.5 Å². The van der Waals surface area contributed by atoms with Crippen molar-refractivity contribution < 1.29 is 19.1 Å². The summed E-state index contributed by atoms with van der Waals surface area (Å²) in [6, 6.07) is 16.1. The van der Waals surface area contributed by atoms with Gasteiger partial charge in [-0.1, -0.05) is 18.2 Å². The van der Waals surface area contributed by atoms with E-state index >= 15 is 0 Å². The van der Waals surface area contributed by atoms with E-state index in [2.05, 4.69) is 10.6 Å². The van der Waals surface area contributed by atoms with Crippen LogP contribution in [0.2, 0.25) is 0 Å². The summed E-state index contributed by atoms with van der Waals surface area (Å²) >= 11 is 0. The molecule has 2 amide bonds. The predicted molar refractivity (Wildman–Crippen MR) is 124 cm³/mol. The molecule has 2 aromatic carbocycles. The predicted octanol–water partition coefficient (Wildman–Crippen LogP) is 4.13. The smallest absolute Gasteiger partial charge is 0.338 e. The lowest BCUT2D eigenvalue weighted by molar-refractivity contribution is -0.139. The highest BCUT2D eigenvalue weighted by Crippen LogP contribution is 2.35. The van der Waals surface area contributed by atoms with Crippen molar-refractivity contribution >= 4 is 12.0 Å². The van der Waals surface area contributed by atoms with Crippen molar-refractivity contribution in [1.29, 1.82) is 0 Å². The van der Waals surface area contributed by atoms with Gasteiger partial charge in [-0.05, 0) is 57.2 Å². The second-order valence-electron chi connectivity index (χ2n) is 7.46. The Morgan fingerprint density at radius 2 is 1.79 bits per heavy atom. The van der Waals surface area contributed by atoms with Crippen LogP contribution in [-0.4, -0.2) is 35.0 Å². The molecule has 0 saturated carbocycles. The van der Waals surface area contributed by atoms with Crippen molar-refractivity contribution in [2.75, 3.05) is 13.2 Å². The summed E-state index contributed by atoms with van der Waals surface area (Å²) in [5, 5.41) is 10.4. The molecule has 0 fully saturated rings. The molecular formula is C25H26N4O4. The average molecular weight is 447 g/mol. The normalized spacial score (nSPS) is 15.6. The van der Waals surface area contributed by atoms with E-state index in [1.807, 2.05) is 67.7 Å². The number of nitrogens with zero attached hydrogens (tertiary/aromatic N) is 2. The van der Waals surface area contributed by atoms with E-state index in [4.69, 9.17) is 14.6 Å². The summed E-state index contributed by atoms with van der Waals surface area (Å²) in [7, 11) is 0. The number of nitrogens with one attached hydrogen (secondary N) is 2. The second-order valence-corrected chi connectivity index (χ2v) is 7.46. The lowest BCUT2D eigenvalue weighted by Gasteiger charge is -2.27. The molecule has 0 radical (unpaired) electrons. The highest BCUT2D eigenvalue weighted by molar-refractivity contribution is 5.95. The summed E-state index contributed by atoms with van der Waals surface area (Å²) in [4.78, 5) is 25.2. The molecule has 170 valence electrons. The molecule has 0 spiro atoms. The van der Waals surface area contributed by atoms with E-state index in [0.29, 0.717) is 29.1 Å². The largest absolute Gasteiger partial charge is 0.494 e. The molecule has 0 unspecified atom stereocenters. The lowest BCUT2D eigenvalue weighted by Crippen LogP contribution is -2.45. The Hall–Kier alpha value is -4.07. The van der Waals surface area contributed by atoms with Crippen molar-refractivity contribution in [1.82, 2.24) is 20.4 Å². The fraction of sp³-hybridized carbons (Fsp3) is 0.240. The Morgan fingerprint density at radius 1 is 1.06 bits per heavy atom. The van der Waals surface area contributed by atoms with Gasteiger partial charge < -0.3 is 20.1 Å². The number of hydrogen-bond donors (Lipinski definition) is 2. The van der Waals surface area contributed by atoms with Gasteiger partial charge in [-0.3, -0.25) is 0 Å². The van der Waals surface area contributed by atoms with Crippen LogP contribution in [0.25, 0.3) is 16.9 Å². The number of esters is 1. The minimum absolute atomic E-state index is 0.227. The Labute approximate surface area is 192 Å². The third kappa shape index (κ3) is 4.59. The SMILES string of the molecule is CCOC(=O)C1=C(C)NC(=O)N[C@H]1c1cn(-c2ccccc2)nc1-c1ccc(OCC)cc1. The second kappa shape index (κ2) is 9.60. The number of carbonyl (C=O) groups excluding carboxylic acids is 2. The van der Waals surface area contributed by atoms with Crippen LogP contribution in [0.1, 0.15) is 32.4 Å². The summed E-state index contributed by atoms with van der Waals surface area (Å²) in [6.07, 6.45) is 1.84. The maximum Gasteiger partial charge on any atom is 0.338 e. The van der Waals surface area contributed by atoms with E-state index < -0.39 is 18.0 Å². The molecule has 8 heteroatoms. The number of urea groups is 1. The molecule has 33 heavy (non-hydrogen) atoms. The molecule has 3 aromatic rings. The van der Waals surface area contributed by atoms with Crippen LogP contribution in [0.3, 0.4) is 0 Å². The standard InChI is InChI=1S/C25H26N4O4/c1-4-32-19-13-11-17(12-14-19)22-20(15-29(28-22)18-9-7-6-8-10-18)23-21(24(30)33-5-2)16(3)26-25(31)27-23/h6-15,23H,4-5H2,1-3H3,(H2,26,27,31)/t23-/m0/s1. The molecule has 4 rings (SSSR count). The highest BCUT2D eigenvalue weighted by atomic mass is 16.5. The zero-order valence-corrected chi connectivity index (χ0v) is 18.8. The first-order chi connectivity index (χ1) is 16.0. The summed E-state index contributed by atoms with van der Waals surface area (Å²) in [5.74, 6) is 0.265. The van der Waals surface area contributed by atoms with Gasteiger partial charge in [-0.2, -0.15) is 5.10 Å². The first-order valence-corrected chi connectivity index (χ1v) is 10.9. The van der Waals surface area contributed by atoms with Gasteiger partial charge in [0.15, 0.2) is 0 Å². The monoisotopic (exact) mass is 446 g/mol. The third-order valence-electron chi connectivity index (χ3n) is 5.28. The molecule has 2 heterocycles. The maximum absolute atomic E-state index is 12.8. The van der Waals surface area contributed by atoms with Crippen LogP contribution in [0.4, 0.5) is 4.79 Å². The van der Waals surface area contributed by atoms with Gasteiger partial charge in [-0.15, -0.1) is 0 Å². The van der Waals surface area contributed by atoms with E-state index in [0.717, 1.165) is 17.0 Å². The Morgan fingerprint density at radius 3 is 2.45 bits per heavy atom. The quantitative estimate of drug-likeness (QED) is 0.532. The van der Waals surface area contributed by atoms with Gasteiger partial charge in [0.1, 0.15) is 5.75 Å². The highest BCUT2D eigenvalue weighted by Gasteiger charge is 2.35. The van der Waals surface area contributed by atoms with E-state index in [-0.39, 0.29) is 6.61 Å². The molecule has 0 bridgehead atoms. The molecule has 1 aromatic heterocycles. The number of allylic oxidation sites excluding steroid dienone is 1. The van der Waals surface area contributed by atoms with Crippen molar-refractivity contribution in [3.63, 3.8) is 0 Å². The van der Waals surface area contributed by atoms with Gasteiger partial charge in [0.05, 0.1) is 36.2 Å². The van der Waals surface area contributed by atoms with Gasteiger partial charge in [0.2, 0.25) is 0 Å². The zero-order valence-electron chi connectivity index (χ0n) is 18.8. The van der Waals surface area contributed by atoms with Crippen LogP contribution in [-0.2, 0) is 9.53 Å². The van der Waals surface area contributed by atoms with Crippen molar-refractivity contribution in [3.05, 3.63) is 77.6 Å². The van der Waals surface area contributed by atoms with Crippen molar-refractivity contribution in [3.8, 4) is 22.7 Å². The van der Waals surface area contributed by atoms with Gasteiger partial charge in [0, 0.05) is 23.0 Å². The van der Waals surface area contributed by atoms with Gasteiger partial charge in [-0.25, -0.2) is 14.3 Å². The topological polar surface area (TPSA) is 94.5 Å². The number of para-hydroxylation sites is 1. The molecule has 0 aliphatic carbocycles. The van der Waals surface area contributed by atoms with Gasteiger partial charge in [0.25, 0.3) is 0 Å². The number of carbonyl (C=O) groups is 2. The Balaban J connectivity index is 1.86. The van der Waals surface area contributed by atoms with Crippen LogP contribution in [0.15, 0.2) is 72.1 Å². The van der Waals surface area contributed by atoms with Crippen LogP contribution < -0.4 is 15.4 Å². The summed E-state index contributed by atoms with van der Waals surface area (Å²) in [5.41, 5.74) is 3.80. The van der Waals surface area contributed by atoms with E-state index in [9.17, 15) is 9.59 Å². The van der Waals surface area contributed by atoms with E-state index in [1.165, 1.54) is 0 Å². The third-order valence-corrected chi connectivity index (χ3v) is 5.28. The lowest BCUT2D eigenvalue weighted by atomic mass is 9.94. The van der Waals surface area contributed by atoms with Crippen LogP contribution >= 0.6 is 0 Å². The minimum atomic E-state index is -0.725. The fourth-order valence-electron chi connectivity index (χ4n) is 3.82. The Bertz CT molecular complexity index is 1180. The molecular weight excluding hydrogens is 420 g/mol. The molecule has 0 saturated heterocycles. The maximum atomic E-state index is 12.8. The number of rotatable bonds is 7. The number of hydrogen-bond acceptors (Lipinski definition) is 5. The number of benzene rings is 2. The zero-order chi connectivity index (χ0) is 23.4. The number of ether oxygens (including phenoxy) is 2. The van der Waals surface area contributed by atoms with Crippen LogP contribution in [0.5, 0.6) is 5.75 Å². The Kier molecular flexibility index (Phi) is 6.44. The van der Waals surface area contributed by atoms with Crippen molar-refractivity contribution in [2.45, 2.75) is 26.8 Å². The molecule has 2 N–H and O–H groups in total. The number of amides is 2. The van der Waals surface area contributed by atoms with Crippen molar-refractivity contribution in [2.24, 2.45) is 0 Å². The fourth-order valence-corrected chi connectivity index (χ4v) is 3.82. The summed E-state index contributed by atoms with van der Waals surface area (Å²) < 4.78 is 12.6. The first kappa shape index (κ1) is 22.1. The number of aromatic nitrogens is 2. The molecule has 1 aliphatic rings. The minimum Gasteiger partial charge on any atom is -0.494 e. The molecule has 1 aliphatic heterocycles. The first-order valence-electron chi connectivity index (χ1n) is 10.9.